The average Bonchev–Trinajstić information content (AvgIpc) is 2.46. The Bertz CT molecular complexity index is 491. The smallest absolute Gasteiger partial charge is 0.170 e. The monoisotopic (exact) mass is 285 g/mol. The van der Waals surface area contributed by atoms with Crippen molar-refractivity contribution < 1.29 is 19.1 Å². The van der Waals surface area contributed by atoms with Gasteiger partial charge in [0.1, 0.15) is 17.3 Å². The summed E-state index contributed by atoms with van der Waals surface area (Å²) in [4.78, 5) is 1.62. The molecule has 1 heterocycles. The molecule has 1 aromatic carbocycles. The maximum absolute atomic E-state index is 14.0. The van der Waals surface area contributed by atoms with Crippen LogP contribution in [-0.2, 0) is 0 Å². The van der Waals surface area contributed by atoms with E-state index in [2.05, 4.69) is 5.16 Å². The molecule has 7 heteroatoms. The van der Waals surface area contributed by atoms with Crippen LogP contribution >= 0.6 is 0 Å². The minimum Gasteiger partial charge on any atom is -0.409 e. The second-order valence-corrected chi connectivity index (χ2v) is 4.89. The molecule has 0 spiro atoms. The van der Waals surface area contributed by atoms with Gasteiger partial charge in [0.25, 0.3) is 0 Å². The zero-order valence-corrected chi connectivity index (χ0v) is 10.9. The Morgan fingerprint density at radius 1 is 1.30 bits per heavy atom. The average molecular weight is 285 g/mol. The van der Waals surface area contributed by atoms with Gasteiger partial charge in [0.05, 0.1) is 0 Å². The van der Waals surface area contributed by atoms with Crippen molar-refractivity contribution in [3.8, 4) is 0 Å². The molecule has 0 amide bonds. The fourth-order valence-electron chi connectivity index (χ4n) is 2.41. The first-order valence-corrected chi connectivity index (χ1v) is 6.39. The number of benzene rings is 1. The Labute approximate surface area is 115 Å². The third-order valence-electron chi connectivity index (χ3n) is 3.61. The van der Waals surface area contributed by atoms with E-state index >= 15 is 0 Å². The van der Waals surface area contributed by atoms with Crippen LogP contribution in [0.4, 0.5) is 14.5 Å². The maximum atomic E-state index is 14.0. The van der Waals surface area contributed by atoms with Gasteiger partial charge >= 0.3 is 0 Å². The van der Waals surface area contributed by atoms with Crippen LogP contribution in [0.1, 0.15) is 18.4 Å². The summed E-state index contributed by atoms with van der Waals surface area (Å²) in [7, 11) is 0. The summed E-state index contributed by atoms with van der Waals surface area (Å²) < 4.78 is 28.1. The number of hydrogen-bond donors (Lipinski definition) is 3. The first kappa shape index (κ1) is 14.5. The highest BCUT2D eigenvalue weighted by Crippen LogP contribution is 2.29. The predicted octanol–water partition coefficient (Wildman–Crippen LogP) is 1.27. The number of oxime groups is 1. The van der Waals surface area contributed by atoms with E-state index in [4.69, 9.17) is 16.0 Å². The number of halogens is 2. The SMILES string of the molecule is N/C(=N/O)c1cc(F)c(N2CCC(CO)CC2)c(F)c1. The maximum Gasteiger partial charge on any atom is 0.170 e. The molecular weight excluding hydrogens is 268 g/mol. The Kier molecular flexibility index (Phi) is 4.39. The number of amidine groups is 1. The van der Waals surface area contributed by atoms with Crippen LogP contribution in [0.2, 0.25) is 0 Å². The van der Waals surface area contributed by atoms with Gasteiger partial charge < -0.3 is 20.9 Å². The van der Waals surface area contributed by atoms with E-state index in [1.165, 1.54) is 0 Å². The second kappa shape index (κ2) is 6.04. The van der Waals surface area contributed by atoms with Gasteiger partial charge in [-0.25, -0.2) is 8.78 Å². The minimum atomic E-state index is -0.742. The largest absolute Gasteiger partial charge is 0.409 e. The molecule has 1 saturated heterocycles. The zero-order valence-electron chi connectivity index (χ0n) is 10.9. The number of nitrogens with zero attached hydrogens (tertiary/aromatic N) is 2. The van der Waals surface area contributed by atoms with Crippen LogP contribution in [-0.4, -0.2) is 35.8 Å². The minimum absolute atomic E-state index is 0.00325. The van der Waals surface area contributed by atoms with Crippen LogP contribution in [0.25, 0.3) is 0 Å². The van der Waals surface area contributed by atoms with Crippen molar-refractivity contribution in [3.63, 3.8) is 0 Å². The van der Waals surface area contributed by atoms with Crippen molar-refractivity contribution >= 4 is 11.5 Å². The molecule has 0 saturated carbocycles. The molecular formula is C13H17F2N3O2. The van der Waals surface area contributed by atoms with Gasteiger partial charge in [0, 0.05) is 25.3 Å². The second-order valence-electron chi connectivity index (χ2n) is 4.89. The lowest BCUT2D eigenvalue weighted by Crippen LogP contribution is -2.36. The third kappa shape index (κ3) is 2.82. The normalized spacial score (nSPS) is 17.6. The molecule has 110 valence electrons. The summed E-state index contributed by atoms with van der Waals surface area (Å²) in [5.41, 5.74) is 5.22. The molecule has 0 unspecified atom stereocenters. The van der Waals surface area contributed by atoms with E-state index in [0.717, 1.165) is 12.1 Å². The van der Waals surface area contributed by atoms with E-state index < -0.39 is 11.6 Å². The lowest BCUT2D eigenvalue weighted by Gasteiger charge is -2.33. The number of piperidine rings is 1. The van der Waals surface area contributed by atoms with Gasteiger partial charge in [-0.2, -0.15) is 0 Å². The summed E-state index contributed by atoms with van der Waals surface area (Å²) in [5, 5.41) is 20.3. The fraction of sp³-hybridized carbons (Fsp3) is 0.462. The molecule has 2 rings (SSSR count). The van der Waals surface area contributed by atoms with Gasteiger partial charge in [-0.15, -0.1) is 0 Å². The molecule has 20 heavy (non-hydrogen) atoms. The highest BCUT2D eigenvalue weighted by molar-refractivity contribution is 5.97. The standard InChI is InChI=1S/C13H17F2N3O2/c14-10-5-9(13(16)17-20)6-11(15)12(10)18-3-1-8(7-19)2-4-18/h5-6,8,19-20H,1-4,7H2,(H2,16,17). The number of rotatable bonds is 3. The lowest BCUT2D eigenvalue weighted by atomic mass is 9.97. The molecule has 1 aliphatic heterocycles. The summed E-state index contributed by atoms with van der Waals surface area (Å²) in [6.07, 6.45) is 1.38. The molecule has 0 aromatic heterocycles. The van der Waals surface area contributed by atoms with Gasteiger partial charge in [0.2, 0.25) is 0 Å². The van der Waals surface area contributed by atoms with Crippen molar-refractivity contribution in [1.82, 2.24) is 0 Å². The number of aliphatic hydroxyl groups is 1. The fourth-order valence-corrected chi connectivity index (χ4v) is 2.41. The molecule has 0 bridgehead atoms. The number of anilines is 1. The zero-order chi connectivity index (χ0) is 14.7. The van der Waals surface area contributed by atoms with Crippen LogP contribution in [0, 0.1) is 17.6 Å². The van der Waals surface area contributed by atoms with Crippen molar-refractivity contribution in [1.29, 1.82) is 0 Å². The summed E-state index contributed by atoms with van der Waals surface area (Å²) in [6.45, 7) is 1.07. The Balaban J connectivity index is 2.25. The number of hydrogen-bond acceptors (Lipinski definition) is 4. The first-order valence-electron chi connectivity index (χ1n) is 6.39. The molecule has 1 aliphatic rings. The Morgan fingerprint density at radius 2 is 1.85 bits per heavy atom. The highest BCUT2D eigenvalue weighted by Gasteiger charge is 2.24. The first-order chi connectivity index (χ1) is 9.56. The van der Waals surface area contributed by atoms with E-state index in [1.54, 1.807) is 4.90 Å². The third-order valence-corrected chi connectivity index (χ3v) is 3.61. The van der Waals surface area contributed by atoms with Crippen molar-refractivity contribution in [2.45, 2.75) is 12.8 Å². The van der Waals surface area contributed by atoms with Crippen molar-refractivity contribution in [2.75, 3.05) is 24.6 Å². The van der Waals surface area contributed by atoms with Gasteiger partial charge in [0.15, 0.2) is 5.84 Å². The molecule has 0 atom stereocenters. The quantitative estimate of drug-likeness (QED) is 0.338. The van der Waals surface area contributed by atoms with Crippen molar-refractivity contribution in [2.24, 2.45) is 16.8 Å². The van der Waals surface area contributed by atoms with E-state index in [9.17, 15) is 8.78 Å². The number of aliphatic hydroxyl groups excluding tert-OH is 1. The Morgan fingerprint density at radius 3 is 2.30 bits per heavy atom. The summed E-state index contributed by atoms with van der Waals surface area (Å²) >= 11 is 0. The molecule has 0 radical (unpaired) electrons. The molecule has 1 fully saturated rings. The van der Waals surface area contributed by atoms with E-state index in [1.807, 2.05) is 0 Å². The lowest BCUT2D eigenvalue weighted by molar-refractivity contribution is 0.202. The number of nitrogens with two attached hydrogens (primary N) is 1. The summed E-state index contributed by atoms with van der Waals surface area (Å²) in [5.74, 6) is -1.63. The van der Waals surface area contributed by atoms with Crippen LogP contribution in [0.15, 0.2) is 17.3 Å². The molecule has 0 aliphatic carbocycles. The highest BCUT2D eigenvalue weighted by atomic mass is 19.1. The summed E-state index contributed by atoms with van der Waals surface area (Å²) in [6, 6.07) is 2.09. The molecule has 1 aromatic rings. The van der Waals surface area contributed by atoms with Crippen LogP contribution in [0.5, 0.6) is 0 Å². The van der Waals surface area contributed by atoms with Crippen LogP contribution in [0.3, 0.4) is 0 Å². The van der Waals surface area contributed by atoms with E-state index in [-0.39, 0.29) is 29.6 Å². The Hall–Kier alpha value is -1.89. The molecule has 4 N–H and O–H groups in total. The van der Waals surface area contributed by atoms with Gasteiger partial charge in [-0.1, -0.05) is 5.16 Å². The topological polar surface area (TPSA) is 82.1 Å². The van der Waals surface area contributed by atoms with Gasteiger partial charge in [-0.05, 0) is 30.9 Å². The van der Waals surface area contributed by atoms with Crippen molar-refractivity contribution in [3.05, 3.63) is 29.3 Å². The van der Waals surface area contributed by atoms with E-state index in [0.29, 0.717) is 25.9 Å². The van der Waals surface area contributed by atoms with Crippen LogP contribution < -0.4 is 10.6 Å². The molecule has 5 nitrogen and oxygen atoms in total. The van der Waals surface area contributed by atoms with Gasteiger partial charge in [-0.3, -0.25) is 0 Å². The predicted molar refractivity (Wildman–Crippen MR) is 70.9 cm³/mol.